The van der Waals surface area contributed by atoms with E-state index >= 15 is 0 Å². The molecule has 1 atom stereocenters. The molecule has 2 rings (SSSR count). The number of nitrogens with zero attached hydrogens (tertiary/aromatic N) is 2. The summed E-state index contributed by atoms with van der Waals surface area (Å²) in [5, 5.41) is 8.82. The van der Waals surface area contributed by atoms with Crippen molar-refractivity contribution in [3.05, 3.63) is 0 Å². The average Bonchev–Trinajstić information content (AvgIpc) is 2.47. The summed E-state index contributed by atoms with van der Waals surface area (Å²) in [6, 6.07) is 0.920. The van der Waals surface area contributed by atoms with Gasteiger partial charge in [-0.3, -0.25) is 0 Å². The molecule has 2 fully saturated rings. The minimum absolute atomic E-state index is 0.370. The zero-order valence-corrected chi connectivity index (χ0v) is 17.1. The Bertz CT molecular complexity index is 296. The monoisotopic (exact) mass is 340 g/mol. The SMILES string of the molecule is CC(C)CN1CCC(CCO)CC1.CCC(C)CN(C)C1CCC1. The average molecular weight is 341 g/mol. The van der Waals surface area contributed by atoms with E-state index in [9.17, 15) is 0 Å². The van der Waals surface area contributed by atoms with Crippen LogP contribution in [0.15, 0.2) is 0 Å². The lowest BCUT2D eigenvalue weighted by Crippen LogP contribution is -2.39. The Morgan fingerprint density at radius 1 is 1.08 bits per heavy atom. The number of aliphatic hydroxyl groups excluding tert-OH is 1. The number of piperidine rings is 1. The van der Waals surface area contributed by atoms with Crippen molar-refractivity contribution in [2.45, 2.75) is 78.7 Å². The first-order valence-corrected chi connectivity index (χ1v) is 10.5. The van der Waals surface area contributed by atoms with Crippen molar-refractivity contribution in [2.24, 2.45) is 17.8 Å². The summed E-state index contributed by atoms with van der Waals surface area (Å²) in [5.41, 5.74) is 0. The van der Waals surface area contributed by atoms with E-state index in [1.54, 1.807) is 0 Å². The van der Waals surface area contributed by atoms with Crippen molar-refractivity contribution in [3.63, 3.8) is 0 Å². The van der Waals surface area contributed by atoms with E-state index in [0.29, 0.717) is 6.61 Å². The van der Waals surface area contributed by atoms with Crippen LogP contribution in [0, 0.1) is 17.8 Å². The number of hydrogen-bond donors (Lipinski definition) is 1. The molecule has 3 heteroatoms. The van der Waals surface area contributed by atoms with Crippen molar-refractivity contribution < 1.29 is 5.11 Å². The molecule has 0 aromatic rings. The maximum absolute atomic E-state index is 8.82. The molecule has 0 aromatic heterocycles. The van der Waals surface area contributed by atoms with Crippen LogP contribution in [-0.2, 0) is 0 Å². The van der Waals surface area contributed by atoms with Crippen molar-refractivity contribution in [1.82, 2.24) is 9.80 Å². The molecule has 2 aliphatic rings. The predicted octanol–water partition coefficient (Wildman–Crippen LogP) is 4.25. The normalized spacial score (nSPS) is 21.5. The van der Waals surface area contributed by atoms with Crippen LogP contribution in [0.5, 0.6) is 0 Å². The Hall–Kier alpha value is -0.120. The van der Waals surface area contributed by atoms with Crippen LogP contribution >= 0.6 is 0 Å². The number of rotatable bonds is 8. The van der Waals surface area contributed by atoms with Gasteiger partial charge in [0.1, 0.15) is 0 Å². The Morgan fingerprint density at radius 2 is 1.71 bits per heavy atom. The second kappa shape index (κ2) is 12.3. The third-order valence-electron chi connectivity index (χ3n) is 5.86. The van der Waals surface area contributed by atoms with Crippen LogP contribution in [0.4, 0.5) is 0 Å². The molecule has 1 saturated carbocycles. The first-order valence-electron chi connectivity index (χ1n) is 10.5. The van der Waals surface area contributed by atoms with E-state index in [2.05, 4.69) is 44.5 Å². The Labute approximate surface area is 151 Å². The van der Waals surface area contributed by atoms with Crippen LogP contribution in [-0.4, -0.2) is 60.8 Å². The van der Waals surface area contributed by atoms with Gasteiger partial charge < -0.3 is 14.9 Å². The lowest BCUT2D eigenvalue weighted by atomic mass is 9.91. The van der Waals surface area contributed by atoms with Gasteiger partial charge in [0.2, 0.25) is 0 Å². The third-order valence-corrected chi connectivity index (χ3v) is 5.86. The fraction of sp³-hybridized carbons (Fsp3) is 1.00. The van der Waals surface area contributed by atoms with Gasteiger partial charge in [0.05, 0.1) is 0 Å². The maximum atomic E-state index is 8.82. The molecule has 3 nitrogen and oxygen atoms in total. The fourth-order valence-corrected chi connectivity index (χ4v) is 3.75. The highest BCUT2D eigenvalue weighted by Gasteiger charge is 2.22. The summed E-state index contributed by atoms with van der Waals surface area (Å²) >= 11 is 0. The first kappa shape index (κ1) is 21.9. The van der Waals surface area contributed by atoms with Gasteiger partial charge in [0.25, 0.3) is 0 Å². The highest BCUT2D eigenvalue weighted by atomic mass is 16.3. The zero-order chi connectivity index (χ0) is 17.9. The van der Waals surface area contributed by atoms with Gasteiger partial charge in [-0.05, 0) is 70.0 Å². The van der Waals surface area contributed by atoms with Crippen LogP contribution in [0.25, 0.3) is 0 Å². The lowest BCUT2D eigenvalue weighted by Gasteiger charge is -2.36. The molecule has 144 valence electrons. The summed E-state index contributed by atoms with van der Waals surface area (Å²) in [6.07, 6.45) is 9.22. The van der Waals surface area contributed by atoms with E-state index in [-0.39, 0.29) is 0 Å². The highest BCUT2D eigenvalue weighted by molar-refractivity contribution is 4.78. The molecule has 1 unspecified atom stereocenters. The van der Waals surface area contributed by atoms with Gasteiger partial charge >= 0.3 is 0 Å². The summed E-state index contributed by atoms with van der Waals surface area (Å²) < 4.78 is 0. The van der Waals surface area contributed by atoms with Crippen molar-refractivity contribution in [1.29, 1.82) is 0 Å². The molecule has 0 spiro atoms. The zero-order valence-electron chi connectivity index (χ0n) is 17.1. The number of aliphatic hydroxyl groups is 1. The van der Waals surface area contributed by atoms with Crippen LogP contribution < -0.4 is 0 Å². The quantitative estimate of drug-likeness (QED) is 0.715. The molecule has 24 heavy (non-hydrogen) atoms. The van der Waals surface area contributed by atoms with Gasteiger partial charge in [-0.25, -0.2) is 0 Å². The fourth-order valence-electron chi connectivity index (χ4n) is 3.75. The smallest absolute Gasteiger partial charge is 0.0433 e. The Balaban J connectivity index is 0.000000243. The van der Waals surface area contributed by atoms with Gasteiger partial charge in [-0.15, -0.1) is 0 Å². The molecule has 1 N–H and O–H groups in total. The summed E-state index contributed by atoms with van der Waals surface area (Å²) in [4.78, 5) is 5.09. The maximum Gasteiger partial charge on any atom is 0.0433 e. The minimum Gasteiger partial charge on any atom is -0.396 e. The Morgan fingerprint density at radius 3 is 2.12 bits per heavy atom. The van der Waals surface area contributed by atoms with Gasteiger partial charge in [0.15, 0.2) is 0 Å². The molecule has 1 aliphatic carbocycles. The second-order valence-corrected chi connectivity index (χ2v) is 8.69. The molecule has 1 heterocycles. The van der Waals surface area contributed by atoms with E-state index in [4.69, 9.17) is 5.11 Å². The van der Waals surface area contributed by atoms with Gasteiger partial charge in [-0.1, -0.05) is 40.5 Å². The standard InChI is InChI=1S/C11H23NO.C10H21N/c1-10(2)9-12-6-3-11(4-7-12)5-8-13;1-4-9(2)8-11(3)10-6-5-7-10/h10-11,13H,3-9H2,1-2H3;9-10H,4-8H2,1-3H3. The third kappa shape index (κ3) is 8.82. The molecular formula is C21H44N2O. The summed E-state index contributed by atoms with van der Waals surface area (Å²) in [5.74, 6) is 2.45. The van der Waals surface area contributed by atoms with Crippen molar-refractivity contribution in [2.75, 3.05) is 39.8 Å². The van der Waals surface area contributed by atoms with Crippen LogP contribution in [0.1, 0.15) is 72.6 Å². The van der Waals surface area contributed by atoms with Crippen LogP contribution in [0.2, 0.25) is 0 Å². The predicted molar refractivity (Wildman–Crippen MR) is 105 cm³/mol. The minimum atomic E-state index is 0.370. The van der Waals surface area contributed by atoms with E-state index in [0.717, 1.165) is 30.2 Å². The van der Waals surface area contributed by atoms with Gasteiger partial charge in [-0.2, -0.15) is 0 Å². The largest absolute Gasteiger partial charge is 0.396 e. The molecular weight excluding hydrogens is 296 g/mol. The molecule has 0 amide bonds. The molecule has 1 saturated heterocycles. The summed E-state index contributed by atoms with van der Waals surface area (Å²) in [7, 11) is 2.27. The lowest BCUT2D eigenvalue weighted by molar-refractivity contribution is 0.140. The second-order valence-electron chi connectivity index (χ2n) is 8.69. The molecule has 0 radical (unpaired) electrons. The first-order chi connectivity index (χ1) is 11.5. The summed E-state index contributed by atoms with van der Waals surface area (Å²) in [6.45, 7) is 14.6. The molecule has 0 aromatic carbocycles. The molecule has 1 aliphatic heterocycles. The van der Waals surface area contributed by atoms with E-state index in [1.807, 2.05) is 0 Å². The van der Waals surface area contributed by atoms with Crippen molar-refractivity contribution >= 4 is 0 Å². The van der Waals surface area contributed by atoms with Crippen molar-refractivity contribution in [3.8, 4) is 0 Å². The number of likely N-dealkylation sites (tertiary alicyclic amines) is 1. The van der Waals surface area contributed by atoms with Crippen LogP contribution in [0.3, 0.4) is 0 Å². The topological polar surface area (TPSA) is 26.7 Å². The Kier molecular flexibility index (Phi) is 11.2. The van der Waals surface area contributed by atoms with E-state index in [1.165, 1.54) is 64.7 Å². The van der Waals surface area contributed by atoms with E-state index < -0.39 is 0 Å². The molecule has 0 bridgehead atoms. The number of hydrogen-bond acceptors (Lipinski definition) is 3. The highest BCUT2D eigenvalue weighted by Crippen LogP contribution is 2.24. The van der Waals surface area contributed by atoms with Gasteiger partial charge in [0, 0.05) is 25.7 Å².